The van der Waals surface area contributed by atoms with E-state index in [0.717, 1.165) is 43.6 Å². The van der Waals surface area contributed by atoms with Crippen LogP contribution in [0.15, 0.2) is 24.3 Å². The monoisotopic (exact) mass is 348 g/mol. The molecule has 1 unspecified atom stereocenters. The van der Waals surface area contributed by atoms with E-state index in [1.165, 1.54) is 0 Å². The maximum atomic E-state index is 12.1. The Kier molecular flexibility index (Phi) is 6.85. The molecule has 0 spiro atoms. The molecule has 1 fully saturated rings. The maximum absolute atomic E-state index is 12.1. The van der Waals surface area contributed by atoms with Crippen LogP contribution in [0.5, 0.6) is 0 Å². The topological polar surface area (TPSA) is 61.8 Å². The van der Waals surface area contributed by atoms with Crippen molar-refractivity contribution in [1.29, 1.82) is 0 Å². The first-order chi connectivity index (χ1) is 11.8. The van der Waals surface area contributed by atoms with E-state index >= 15 is 0 Å². The first-order valence-corrected chi connectivity index (χ1v) is 9.18. The van der Waals surface area contributed by atoms with Gasteiger partial charge >= 0.3 is 6.09 Å². The van der Waals surface area contributed by atoms with E-state index in [1.54, 1.807) is 4.90 Å². The van der Waals surface area contributed by atoms with Gasteiger partial charge in [0.1, 0.15) is 5.60 Å². The van der Waals surface area contributed by atoms with Crippen molar-refractivity contribution in [2.24, 2.45) is 5.92 Å². The van der Waals surface area contributed by atoms with Crippen molar-refractivity contribution in [1.82, 2.24) is 10.2 Å². The molecule has 2 N–H and O–H groups in total. The summed E-state index contributed by atoms with van der Waals surface area (Å²) in [4.78, 5) is 13.9. The van der Waals surface area contributed by atoms with Crippen molar-refractivity contribution >= 4 is 6.09 Å². The van der Waals surface area contributed by atoms with Gasteiger partial charge in [0.15, 0.2) is 0 Å². The Hall–Kier alpha value is -1.59. The SMILES string of the molecule is Cc1ccccc1C(O)CNCC1CCN(C(=O)OC(C)(C)C)CC1. The van der Waals surface area contributed by atoms with E-state index in [0.29, 0.717) is 12.5 Å². The molecule has 0 aliphatic carbocycles. The molecule has 1 aromatic rings. The highest BCUT2D eigenvalue weighted by Gasteiger charge is 2.26. The fraction of sp³-hybridized carbons (Fsp3) is 0.650. The van der Waals surface area contributed by atoms with Crippen molar-refractivity contribution in [3.8, 4) is 0 Å². The van der Waals surface area contributed by atoms with Crippen LogP contribution in [0.2, 0.25) is 0 Å². The molecular weight excluding hydrogens is 316 g/mol. The third-order valence-corrected chi connectivity index (χ3v) is 4.58. The van der Waals surface area contributed by atoms with E-state index in [9.17, 15) is 9.90 Å². The van der Waals surface area contributed by atoms with E-state index in [-0.39, 0.29) is 6.09 Å². The van der Waals surface area contributed by atoms with E-state index in [4.69, 9.17) is 4.74 Å². The summed E-state index contributed by atoms with van der Waals surface area (Å²) in [6, 6.07) is 7.93. The highest BCUT2D eigenvalue weighted by molar-refractivity contribution is 5.68. The number of aliphatic hydroxyl groups is 1. The number of rotatable bonds is 5. The Balaban J connectivity index is 1.69. The minimum Gasteiger partial charge on any atom is -0.444 e. The number of nitrogens with zero attached hydrogens (tertiary/aromatic N) is 1. The number of aliphatic hydroxyl groups excluding tert-OH is 1. The van der Waals surface area contributed by atoms with Crippen LogP contribution in [0.3, 0.4) is 0 Å². The number of ether oxygens (including phenoxy) is 1. The lowest BCUT2D eigenvalue weighted by Crippen LogP contribution is -2.43. The van der Waals surface area contributed by atoms with Crippen molar-refractivity contribution in [2.45, 2.75) is 52.2 Å². The van der Waals surface area contributed by atoms with Crippen LogP contribution in [-0.2, 0) is 4.74 Å². The Morgan fingerprint density at radius 1 is 1.32 bits per heavy atom. The zero-order chi connectivity index (χ0) is 18.4. The maximum Gasteiger partial charge on any atom is 0.410 e. The van der Waals surface area contributed by atoms with E-state index in [2.05, 4.69) is 5.32 Å². The van der Waals surface area contributed by atoms with Crippen LogP contribution in [0.25, 0.3) is 0 Å². The number of aryl methyl sites for hydroxylation is 1. The molecular formula is C20H32N2O3. The number of benzene rings is 1. The van der Waals surface area contributed by atoms with Gasteiger partial charge in [0, 0.05) is 19.6 Å². The molecule has 0 bridgehead atoms. The predicted octanol–water partition coefficient (Wildman–Crippen LogP) is 3.27. The molecule has 5 nitrogen and oxygen atoms in total. The summed E-state index contributed by atoms with van der Waals surface area (Å²) in [5.74, 6) is 0.530. The van der Waals surface area contributed by atoms with Gasteiger partial charge in [-0.1, -0.05) is 24.3 Å². The van der Waals surface area contributed by atoms with Gasteiger partial charge in [-0.2, -0.15) is 0 Å². The molecule has 2 rings (SSSR count). The second kappa shape index (κ2) is 8.68. The minimum atomic E-state index is -0.483. The average molecular weight is 348 g/mol. The molecule has 1 saturated heterocycles. The summed E-state index contributed by atoms with van der Waals surface area (Å²) in [6.45, 7) is 10.6. The number of carbonyl (C=O) groups excluding carboxylic acids is 1. The number of piperidine rings is 1. The molecule has 0 radical (unpaired) electrons. The van der Waals surface area contributed by atoms with Gasteiger partial charge in [0.05, 0.1) is 6.10 Å². The minimum absolute atomic E-state index is 0.214. The molecule has 0 aromatic heterocycles. The fourth-order valence-electron chi connectivity index (χ4n) is 3.14. The van der Waals surface area contributed by atoms with Gasteiger partial charge in [0.2, 0.25) is 0 Å². The van der Waals surface area contributed by atoms with Gasteiger partial charge in [0.25, 0.3) is 0 Å². The quantitative estimate of drug-likeness (QED) is 0.857. The Morgan fingerprint density at radius 2 is 1.96 bits per heavy atom. The second-order valence-corrected chi connectivity index (χ2v) is 7.94. The Bertz CT molecular complexity index is 560. The zero-order valence-electron chi connectivity index (χ0n) is 15.9. The van der Waals surface area contributed by atoms with Crippen LogP contribution < -0.4 is 5.32 Å². The van der Waals surface area contributed by atoms with Crippen molar-refractivity contribution in [3.63, 3.8) is 0 Å². The Labute approximate surface area is 151 Å². The second-order valence-electron chi connectivity index (χ2n) is 7.94. The predicted molar refractivity (Wildman–Crippen MR) is 99.5 cm³/mol. The lowest BCUT2D eigenvalue weighted by Gasteiger charge is -2.33. The molecule has 0 saturated carbocycles. The molecule has 5 heteroatoms. The van der Waals surface area contributed by atoms with Crippen LogP contribution in [-0.4, -0.2) is 47.9 Å². The molecule has 1 aliphatic heterocycles. The Morgan fingerprint density at radius 3 is 2.56 bits per heavy atom. The number of likely N-dealkylation sites (tertiary alicyclic amines) is 1. The van der Waals surface area contributed by atoms with Gasteiger partial charge in [-0.05, 0) is 64.1 Å². The number of hydrogen-bond donors (Lipinski definition) is 2. The molecule has 1 aliphatic rings. The van der Waals surface area contributed by atoms with Crippen LogP contribution in [0.4, 0.5) is 4.79 Å². The first-order valence-electron chi connectivity index (χ1n) is 9.18. The normalized spacial score (nSPS) is 17.4. The number of amides is 1. The number of carbonyl (C=O) groups is 1. The highest BCUT2D eigenvalue weighted by atomic mass is 16.6. The van der Waals surface area contributed by atoms with Crippen LogP contribution in [0.1, 0.15) is 50.8 Å². The number of hydrogen-bond acceptors (Lipinski definition) is 4. The summed E-state index contributed by atoms with van der Waals surface area (Å²) in [6.07, 6.45) is 1.23. The molecule has 1 heterocycles. The summed E-state index contributed by atoms with van der Waals surface area (Å²) >= 11 is 0. The first kappa shape index (κ1) is 19.7. The molecule has 1 amide bonds. The largest absolute Gasteiger partial charge is 0.444 e. The summed E-state index contributed by atoms with van der Waals surface area (Å²) in [5, 5.41) is 13.7. The third kappa shape index (κ3) is 6.33. The fourth-order valence-corrected chi connectivity index (χ4v) is 3.14. The van der Waals surface area contributed by atoms with Gasteiger partial charge < -0.3 is 20.1 Å². The van der Waals surface area contributed by atoms with Gasteiger partial charge in [-0.15, -0.1) is 0 Å². The summed E-state index contributed by atoms with van der Waals surface area (Å²) < 4.78 is 5.42. The van der Waals surface area contributed by atoms with Crippen molar-refractivity contribution in [2.75, 3.05) is 26.2 Å². The van der Waals surface area contributed by atoms with Crippen molar-refractivity contribution in [3.05, 3.63) is 35.4 Å². The zero-order valence-corrected chi connectivity index (χ0v) is 15.9. The summed E-state index contributed by atoms with van der Waals surface area (Å²) in [5.41, 5.74) is 1.65. The van der Waals surface area contributed by atoms with E-state index in [1.807, 2.05) is 52.0 Å². The lowest BCUT2D eigenvalue weighted by atomic mass is 9.96. The molecule has 25 heavy (non-hydrogen) atoms. The third-order valence-electron chi connectivity index (χ3n) is 4.58. The van der Waals surface area contributed by atoms with Crippen LogP contribution in [0, 0.1) is 12.8 Å². The summed E-state index contributed by atoms with van der Waals surface area (Å²) in [7, 11) is 0. The van der Waals surface area contributed by atoms with E-state index < -0.39 is 11.7 Å². The average Bonchev–Trinajstić information content (AvgIpc) is 2.54. The van der Waals surface area contributed by atoms with Crippen molar-refractivity contribution < 1.29 is 14.6 Å². The molecule has 140 valence electrons. The standard InChI is InChI=1S/C20H32N2O3/c1-15-7-5-6-8-17(15)18(23)14-21-13-16-9-11-22(12-10-16)19(24)25-20(2,3)4/h5-8,16,18,21,23H,9-14H2,1-4H3. The lowest BCUT2D eigenvalue weighted by molar-refractivity contribution is 0.0183. The van der Waals surface area contributed by atoms with Gasteiger partial charge in [-0.25, -0.2) is 4.79 Å². The molecule has 1 aromatic carbocycles. The van der Waals surface area contributed by atoms with Gasteiger partial charge in [-0.3, -0.25) is 0 Å². The number of nitrogens with one attached hydrogen (secondary N) is 1. The molecule has 1 atom stereocenters. The smallest absolute Gasteiger partial charge is 0.410 e. The van der Waals surface area contributed by atoms with Crippen LogP contribution >= 0.6 is 0 Å². The highest BCUT2D eigenvalue weighted by Crippen LogP contribution is 2.20.